The number of aromatic nitrogens is 2. The molecule has 2 nitrogen and oxygen atoms in total. The lowest BCUT2D eigenvalue weighted by Crippen LogP contribution is -1.85. The fraction of sp³-hybridized carbons (Fsp3) is 0. The molecule has 0 unspecified atom stereocenters. The highest BCUT2D eigenvalue weighted by Crippen LogP contribution is 2.22. The second kappa shape index (κ2) is 3.41. The van der Waals surface area contributed by atoms with E-state index in [9.17, 15) is 0 Å². The van der Waals surface area contributed by atoms with E-state index in [1.165, 1.54) is 0 Å². The van der Waals surface area contributed by atoms with Crippen molar-refractivity contribution < 1.29 is 0 Å². The van der Waals surface area contributed by atoms with Gasteiger partial charge >= 0.3 is 0 Å². The summed E-state index contributed by atoms with van der Waals surface area (Å²) in [4.78, 5) is 8.87. The second-order valence-electron chi connectivity index (χ2n) is 3.34. The minimum Gasteiger partial charge on any atom is -0.256 e. The first-order valence-electron chi connectivity index (χ1n) is 4.64. The molecule has 3 aromatic rings. The maximum absolute atomic E-state index is 4.55. The molecule has 2 heterocycles. The van der Waals surface area contributed by atoms with Crippen molar-refractivity contribution in [3.63, 3.8) is 0 Å². The highest BCUT2D eigenvalue weighted by atomic mass is 127. The van der Waals surface area contributed by atoms with Crippen LogP contribution in [-0.4, -0.2) is 9.97 Å². The Morgan fingerprint density at radius 1 is 1.00 bits per heavy atom. The van der Waals surface area contributed by atoms with Gasteiger partial charge in [-0.15, -0.1) is 0 Å². The molecule has 0 N–H and O–H groups in total. The van der Waals surface area contributed by atoms with Gasteiger partial charge < -0.3 is 0 Å². The fourth-order valence-electron chi connectivity index (χ4n) is 1.72. The normalized spacial score (nSPS) is 11.0. The van der Waals surface area contributed by atoms with Crippen molar-refractivity contribution in [3.8, 4) is 0 Å². The number of fused-ring (bicyclic) bond motifs is 3. The van der Waals surface area contributed by atoms with Crippen molar-refractivity contribution >= 4 is 44.4 Å². The van der Waals surface area contributed by atoms with E-state index in [1.54, 1.807) is 0 Å². The number of rotatable bonds is 0. The summed E-state index contributed by atoms with van der Waals surface area (Å²) in [5, 5.41) is 2.28. The van der Waals surface area contributed by atoms with E-state index in [2.05, 4.69) is 50.8 Å². The van der Waals surface area contributed by atoms with Crippen LogP contribution in [0.5, 0.6) is 0 Å². The van der Waals surface area contributed by atoms with Gasteiger partial charge in [-0.1, -0.05) is 12.1 Å². The summed E-state index contributed by atoms with van der Waals surface area (Å²) in [6.07, 6.45) is 1.81. The number of hydrogen-bond acceptors (Lipinski definition) is 2. The Hall–Kier alpha value is -1.23. The van der Waals surface area contributed by atoms with Gasteiger partial charge in [0.15, 0.2) is 0 Å². The molecule has 0 spiro atoms. The van der Waals surface area contributed by atoms with Gasteiger partial charge in [0.25, 0.3) is 0 Å². The third-order valence-electron chi connectivity index (χ3n) is 2.41. The first-order chi connectivity index (χ1) is 7.34. The van der Waals surface area contributed by atoms with Crippen LogP contribution in [0.2, 0.25) is 0 Å². The summed E-state index contributed by atoms with van der Waals surface area (Å²) in [5.74, 6) is 0. The molecule has 0 saturated carbocycles. The Labute approximate surface area is 100 Å². The highest BCUT2D eigenvalue weighted by Gasteiger charge is 2.02. The van der Waals surface area contributed by atoms with E-state index < -0.39 is 0 Å². The molecule has 0 aliphatic rings. The van der Waals surface area contributed by atoms with Crippen molar-refractivity contribution in [2.75, 3.05) is 0 Å². The molecule has 0 saturated heterocycles. The molecule has 0 aliphatic carbocycles. The quantitative estimate of drug-likeness (QED) is 0.361. The third-order valence-corrected chi connectivity index (χ3v) is 3.01. The number of nitrogens with zero attached hydrogens (tertiary/aromatic N) is 2. The summed E-state index contributed by atoms with van der Waals surface area (Å²) in [5.41, 5.74) is 2.03. The Bertz CT molecular complexity index is 649. The zero-order chi connectivity index (χ0) is 10.3. The van der Waals surface area contributed by atoms with Gasteiger partial charge in [-0.05, 0) is 46.9 Å². The van der Waals surface area contributed by atoms with Crippen molar-refractivity contribution in [3.05, 3.63) is 46.3 Å². The SMILES string of the molecule is Ic1ccc2ccc3ncccc3c2n1. The summed E-state index contributed by atoms with van der Waals surface area (Å²) in [7, 11) is 0. The summed E-state index contributed by atoms with van der Waals surface area (Å²) < 4.78 is 1.01. The Balaban J connectivity index is 2.57. The first-order valence-corrected chi connectivity index (χ1v) is 5.72. The van der Waals surface area contributed by atoms with Gasteiger partial charge in [0, 0.05) is 17.0 Å². The van der Waals surface area contributed by atoms with E-state index >= 15 is 0 Å². The predicted molar refractivity (Wildman–Crippen MR) is 69.8 cm³/mol. The summed E-state index contributed by atoms with van der Waals surface area (Å²) in [6, 6.07) is 12.2. The van der Waals surface area contributed by atoms with Crippen LogP contribution in [0.15, 0.2) is 42.6 Å². The van der Waals surface area contributed by atoms with Crippen LogP contribution in [0.3, 0.4) is 0 Å². The van der Waals surface area contributed by atoms with Gasteiger partial charge in [-0.25, -0.2) is 4.98 Å². The van der Waals surface area contributed by atoms with Crippen LogP contribution >= 0.6 is 22.6 Å². The molecule has 72 valence electrons. The fourth-order valence-corrected chi connectivity index (χ4v) is 2.14. The van der Waals surface area contributed by atoms with Crippen molar-refractivity contribution in [2.24, 2.45) is 0 Å². The predicted octanol–water partition coefficient (Wildman–Crippen LogP) is 3.39. The lowest BCUT2D eigenvalue weighted by molar-refractivity contribution is 1.35. The van der Waals surface area contributed by atoms with Crippen LogP contribution in [0.4, 0.5) is 0 Å². The standard InChI is InChI=1S/C12H7IN2/c13-11-6-4-8-3-5-10-9(12(8)15-11)2-1-7-14-10/h1-7H. The molecular formula is C12H7IN2. The monoisotopic (exact) mass is 306 g/mol. The molecule has 0 atom stereocenters. The van der Waals surface area contributed by atoms with Crippen LogP contribution in [0, 0.1) is 3.70 Å². The molecule has 0 aliphatic heterocycles. The molecule has 1 aromatic carbocycles. The van der Waals surface area contributed by atoms with Crippen molar-refractivity contribution in [2.45, 2.75) is 0 Å². The van der Waals surface area contributed by atoms with Crippen LogP contribution in [-0.2, 0) is 0 Å². The van der Waals surface area contributed by atoms with E-state index in [-0.39, 0.29) is 0 Å². The molecule has 0 amide bonds. The van der Waals surface area contributed by atoms with Crippen LogP contribution in [0.1, 0.15) is 0 Å². The van der Waals surface area contributed by atoms with Gasteiger partial charge in [-0.3, -0.25) is 4.98 Å². The van der Waals surface area contributed by atoms with Gasteiger partial charge in [-0.2, -0.15) is 0 Å². The number of benzene rings is 1. The highest BCUT2D eigenvalue weighted by molar-refractivity contribution is 14.1. The molecular weight excluding hydrogens is 299 g/mol. The topological polar surface area (TPSA) is 25.8 Å². The maximum Gasteiger partial charge on any atom is 0.102 e. The molecule has 3 rings (SSSR count). The first kappa shape index (κ1) is 9.03. The Morgan fingerprint density at radius 3 is 2.80 bits per heavy atom. The number of hydrogen-bond donors (Lipinski definition) is 0. The number of halogens is 1. The van der Waals surface area contributed by atoms with Crippen LogP contribution in [0.25, 0.3) is 21.8 Å². The molecule has 0 fully saturated rings. The lowest BCUT2D eigenvalue weighted by Gasteiger charge is -2.02. The van der Waals surface area contributed by atoms with E-state index in [4.69, 9.17) is 0 Å². The van der Waals surface area contributed by atoms with Crippen LogP contribution < -0.4 is 0 Å². The molecule has 2 aromatic heterocycles. The number of pyridine rings is 2. The zero-order valence-corrected chi connectivity index (χ0v) is 9.97. The molecule has 0 radical (unpaired) electrons. The van der Waals surface area contributed by atoms with Crippen molar-refractivity contribution in [1.29, 1.82) is 0 Å². The summed E-state index contributed by atoms with van der Waals surface area (Å²) in [6.45, 7) is 0. The second-order valence-corrected chi connectivity index (χ2v) is 4.45. The van der Waals surface area contributed by atoms with Gasteiger partial charge in [0.2, 0.25) is 0 Å². The smallest absolute Gasteiger partial charge is 0.102 e. The van der Waals surface area contributed by atoms with Crippen molar-refractivity contribution in [1.82, 2.24) is 9.97 Å². The summed E-state index contributed by atoms with van der Waals surface area (Å²) >= 11 is 2.23. The largest absolute Gasteiger partial charge is 0.256 e. The molecule has 15 heavy (non-hydrogen) atoms. The van der Waals surface area contributed by atoms with Gasteiger partial charge in [0.1, 0.15) is 3.70 Å². The average molecular weight is 306 g/mol. The Morgan fingerprint density at radius 2 is 1.87 bits per heavy atom. The lowest BCUT2D eigenvalue weighted by atomic mass is 10.1. The average Bonchev–Trinajstić information content (AvgIpc) is 2.29. The minimum absolute atomic E-state index is 1.000. The van der Waals surface area contributed by atoms with E-state index in [0.717, 1.165) is 25.5 Å². The molecule has 3 heteroatoms. The van der Waals surface area contributed by atoms with E-state index in [0.29, 0.717) is 0 Å². The Kier molecular flexibility index (Phi) is 2.05. The minimum atomic E-state index is 1.000. The zero-order valence-electron chi connectivity index (χ0n) is 7.81. The third kappa shape index (κ3) is 1.47. The van der Waals surface area contributed by atoms with E-state index in [1.807, 2.05) is 24.4 Å². The molecule has 0 bridgehead atoms. The maximum atomic E-state index is 4.55. The van der Waals surface area contributed by atoms with Gasteiger partial charge in [0.05, 0.1) is 11.0 Å².